The summed E-state index contributed by atoms with van der Waals surface area (Å²) in [7, 11) is 1.52. The number of nitrogens with one attached hydrogen (secondary N) is 1. The minimum atomic E-state index is -1.04. The number of rotatable bonds is 3. The number of pyridine rings is 1. The molecule has 0 saturated carbocycles. The molecule has 0 aliphatic rings. The summed E-state index contributed by atoms with van der Waals surface area (Å²) in [6, 6.07) is 7.10. The summed E-state index contributed by atoms with van der Waals surface area (Å²) in [5.74, 6) is -1.50. The van der Waals surface area contributed by atoms with Crippen LogP contribution < -0.4 is 10.3 Å². The third kappa shape index (κ3) is 2.59. The monoisotopic (exact) mass is 272 g/mol. The largest absolute Gasteiger partial charge is 0.478 e. The molecule has 20 heavy (non-hydrogen) atoms. The van der Waals surface area contributed by atoms with E-state index in [4.69, 9.17) is 5.11 Å². The number of hydrogen-bond donors (Lipinski definition) is 2. The SMILES string of the molecule is CN(C(=O)c1c[nH]ccc1=O)c1ccc(C(=O)O)cc1. The minimum Gasteiger partial charge on any atom is -0.478 e. The molecule has 1 amide bonds. The lowest BCUT2D eigenvalue weighted by molar-refractivity contribution is 0.0696. The zero-order valence-corrected chi connectivity index (χ0v) is 10.7. The van der Waals surface area contributed by atoms with E-state index in [1.54, 1.807) is 0 Å². The van der Waals surface area contributed by atoms with E-state index in [1.165, 1.54) is 54.7 Å². The summed E-state index contributed by atoms with van der Waals surface area (Å²) in [4.78, 5) is 38.5. The first-order valence-corrected chi connectivity index (χ1v) is 5.79. The number of hydrogen-bond acceptors (Lipinski definition) is 3. The van der Waals surface area contributed by atoms with Crippen molar-refractivity contribution in [1.82, 2.24) is 4.98 Å². The van der Waals surface area contributed by atoms with Gasteiger partial charge < -0.3 is 15.0 Å². The molecule has 0 aliphatic heterocycles. The molecule has 6 heteroatoms. The number of H-pyrrole nitrogens is 1. The summed E-state index contributed by atoms with van der Waals surface area (Å²) in [6.45, 7) is 0. The molecular formula is C14H12N2O4. The van der Waals surface area contributed by atoms with Crippen LogP contribution in [0.1, 0.15) is 20.7 Å². The summed E-state index contributed by atoms with van der Waals surface area (Å²) >= 11 is 0. The van der Waals surface area contributed by atoms with Crippen molar-refractivity contribution in [3.05, 3.63) is 64.1 Å². The van der Waals surface area contributed by atoms with E-state index in [9.17, 15) is 14.4 Å². The van der Waals surface area contributed by atoms with Gasteiger partial charge in [0.15, 0.2) is 5.43 Å². The Morgan fingerprint density at radius 2 is 1.80 bits per heavy atom. The fraction of sp³-hybridized carbons (Fsp3) is 0.0714. The maximum Gasteiger partial charge on any atom is 0.335 e. The predicted molar refractivity (Wildman–Crippen MR) is 73.2 cm³/mol. The number of aromatic amines is 1. The van der Waals surface area contributed by atoms with Crippen LogP contribution in [0, 0.1) is 0 Å². The summed E-state index contributed by atoms with van der Waals surface area (Å²) in [5, 5.41) is 8.81. The van der Waals surface area contributed by atoms with Gasteiger partial charge in [0.25, 0.3) is 5.91 Å². The molecule has 1 aromatic heterocycles. The molecule has 0 atom stereocenters. The van der Waals surface area contributed by atoms with E-state index in [2.05, 4.69) is 4.98 Å². The van der Waals surface area contributed by atoms with Gasteiger partial charge in [0, 0.05) is 31.2 Å². The molecular weight excluding hydrogens is 260 g/mol. The number of benzene rings is 1. The average molecular weight is 272 g/mol. The van der Waals surface area contributed by atoms with Crippen LogP contribution in [-0.4, -0.2) is 29.0 Å². The van der Waals surface area contributed by atoms with E-state index < -0.39 is 11.9 Å². The second-order valence-electron chi connectivity index (χ2n) is 4.14. The molecule has 2 aromatic rings. The number of amides is 1. The van der Waals surface area contributed by atoms with Crippen LogP contribution in [-0.2, 0) is 0 Å². The Morgan fingerprint density at radius 3 is 2.35 bits per heavy atom. The summed E-state index contributed by atoms with van der Waals surface area (Å²) in [6.07, 6.45) is 2.79. The quantitative estimate of drug-likeness (QED) is 0.882. The highest BCUT2D eigenvalue weighted by atomic mass is 16.4. The third-order valence-corrected chi connectivity index (χ3v) is 2.86. The van der Waals surface area contributed by atoms with Gasteiger partial charge in [-0.05, 0) is 24.3 Å². The molecule has 6 nitrogen and oxygen atoms in total. The minimum absolute atomic E-state index is 0.0253. The Bertz CT molecular complexity index is 704. The van der Waals surface area contributed by atoms with Gasteiger partial charge in [-0.2, -0.15) is 0 Å². The Balaban J connectivity index is 2.29. The summed E-state index contributed by atoms with van der Waals surface area (Å²) in [5.41, 5.74) is 0.287. The molecule has 0 radical (unpaired) electrons. The molecule has 2 N–H and O–H groups in total. The van der Waals surface area contributed by atoms with Crippen LogP contribution in [0.25, 0.3) is 0 Å². The van der Waals surface area contributed by atoms with Crippen molar-refractivity contribution in [3.63, 3.8) is 0 Å². The lowest BCUT2D eigenvalue weighted by Crippen LogP contribution is -2.30. The molecule has 2 rings (SSSR count). The highest BCUT2D eigenvalue weighted by Gasteiger charge is 2.16. The van der Waals surface area contributed by atoms with Gasteiger partial charge in [0.05, 0.1) is 5.56 Å². The molecule has 0 bridgehead atoms. The first-order chi connectivity index (χ1) is 9.50. The zero-order valence-electron chi connectivity index (χ0n) is 10.7. The Morgan fingerprint density at radius 1 is 1.15 bits per heavy atom. The Labute approximate surface area is 114 Å². The highest BCUT2D eigenvalue weighted by Crippen LogP contribution is 2.15. The predicted octanol–water partition coefficient (Wildman–Crippen LogP) is 1.35. The molecule has 0 spiro atoms. The van der Waals surface area contributed by atoms with E-state index in [-0.39, 0.29) is 16.6 Å². The standard InChI is InChI=1S/C14H12N2O4/c1-16(10-4-2-9(3-5-10)14(19)20)13(18)11-8-15-7-6-12(11)17/h2-8H,1H3,(H,15,17)(H,19,20). The zero-order chi connectivity index (χ0) is 14.7. The van der Waals surface area contributed by atoms with Crippen molar-refractivity contribution in [2.45, 2.75) is 0 Å². The lowest BCUT2D eigenvalue weighted by Gasteiger charge is -2.17. The molecule has 102 valence electrons. The van der Waals surface area contributed by atoms with Crippen molar-refractivity contribution in [1.29, 1.82) is 0 Å². The number of carboxylic acids is 1. The van der Waals surface area contributed by atoms with Gasteiger partial charge in [-0.25, -0.2) is 4.79 Å². The van der Waals surface area contributed by atoms with Gasteiger partial charge in [-0.3, -0.25) is 9.59 Å². The number of carbonyl (C=O) groups excluding carboxylic acids is 1. The Kier molecular flexibility index (Phi) is 3.65. The van der Waals surface area contributed by atoms with Crippen molar-refractivity contribution in [2.24, 2.45) is 0 Å². The fourth-order valence-electron chi connectivity index (χ4n) is 1.71. The van der Waals surface area contributed by atoms with E-state index in [0.29, 0.717) is 5.69 Å². The topological polar surface area (TPSA) is 90.5 Å². The number of nitrogens with zero attached hydrogens (tertiary/aromatic N) is 1. The second kappa shape index (κ2) is 5.40. The van der Waals surface area contributed by atoms with Gasteiger partial charge in [0.2, 0.25) is 0 Å². The molecule has 1 heterocycles. The van der Waals surface area contributed by atoms with Crippen molar-refractivity contribution in [2.75, 3.05) is 11.9 Å². The number of carbonyl (C=O) groups is 2. The highest BCUT2D eigenvalue weighted by molar-refractivity contribution is 6.05. The normalized spacial score (nSPS) is 10.1. The average Bonchev–Trinajstić information content (AvgIpc) is 2.46. The fourth-order valence-corrected chi connectivity index (χ4v) is 1.71. The van der Waals surface area contributed by atoms with Crippen LogP contribution in [0.3, 0.4) is 0 Å². The van der Waals surface area contributed by atoms with Crippen LogP contribution in [0.4, 0.5) is 5.69 Å². The van der Waals surface area contributed by atoms with Crippen LogP contribution >= 0.6 is 0 Å². The van der Waals surface area contributed by atoms with Crippen molar-refractivity contribution >= 4 is 17.6 Å². The maximum atomic E-state index is 12.2. The summed E-state index contributed by atoms with van der Waals surface area (Å²) < 4.78 is 0. The van der Waals surface area contributed by atoms with E-state index >= 15 is 0 Å². The number of carboxylic acid groups (broad SMARTS) is 1. The van der Waals surface area contributed by atoms with Gasteiger partial charge >= 0.3 is 5.97 Å². The van der Waals surface area contributed by atoms with E-state index in [0.717, 1.165) is 0 Å². The molecule has 0 saturated heterocycles. The lowest BCUT2D eigenvalue weighted by atomic mass is 10.2. The smallest absolute Gasteiger partial charge is 0.335 e. The van der Waals surface area contributed by atoms with Gasteiger partial charge in [0.1, 0.15) is 5.56 Å². The molecule has 0 aliphatic carbocycles. The molecule has 1 aromatic carbocycles. The second-order valence-corrected chi connectivity index (χ2v) is 4.14. The number of anilines is 1. The Hall–Kier alpha value is -2.89. The van der Waals surface area contributed by atoms with Crippen LogP contribution in [0.15, 0.2) is 47.5 Å². The van der Waals surface area contributed by atoms with Crippen LogP contribution in [0.2, 0.25) is 0 Å². The van der Waals surface area contributed by atoms with Gasteiger partial charge in [-0.15, -0.1) is 0 Å². The van der Waals surface area contributed by atoms with Crippen molar-refractivity contribution in [3.8, 4) is 0 Å². The van der Waals surface area contributed by atoms with E-state index in [1.807, 2.05) is 0 Å². The third-order valence-electron chi connectivity index (χ3n) is 2.86. The first kappa shape index (κ1) is 13.5. The first-order valence-electron chi connectivity index (χ1n) is 5.79. The number of aromatic nitrogens is 1. The van der Waals surface area contributed by atoms with Crippen LogP contribution in [0.5, 0.6) is 0 Å². The molecule has 0 fully saturated rings. The van der Waals surface area contributed by atoms with Crippen molar-refractivity contribution < 1.29 is 14.7 Å². The molecule has 0 unspecified atom stereocenters. The number of aromatic carboxylic acids is 1. The maximum absolute atomic E-state index is 12.2. The van der Waals surface area contributed by atoms with Gasteiger partial charge in [-0.1, -0.05) is 0 Å².